The molecular weight excluding hydrogens is 284 g/mol. The van der Waals surface area contributed by atoms with Crippen molar-refractivity contribution in [3.63, 3.8) is 0 Å². The Morgan fingerprint density at radius 3 is 2.95 bits per heavy atom. The van der Waals surface area contributed by atoms with E-state index in [1.165, 1.54) is 13.2 Å². The number of methoxy groups -OCH3 is 1. The van der Waals surface area contributed by atoms with Crippen LogP contribution in [0.4, 0.5) is 11.4 Å². The van der Waals surface area contributed by atoms with E-state index in [1.807, 2.05) is 18.2 Å². The number of nitro benzene ring substituents is 1. The van der Waals surface area contributed by atoms with Crippen molar-refractivity contribution in [1.82, 2.24) is 10.2 Å². The van der Waals surface area contributed by atoms with Crippen LogP contribution in [0, 0.1) is 10.1 Å². The largest absolute Gasteiger partial charge is 0.490 e. The molecule has 3 rings (SSSR count). The number of anilines is 1. The van der Waals surface area contributed by atoms with Crippen LogP contribution in [-0.4, -0.2) is 22.2 Å². The number of rotatable bonds is 5. The molecule has 0 amide bonds. The Hall–Kier alpha value is -3.09. The summed E-state index contributed by atoms with van der Waals surface area (Å²) in [5, 5.41) is 22.1. The predicted octanol–water partition coefficient (Wildman–Crippen LogP) is 3.09. The van der Waals surface area contributed by atoms with Gasteiger partial charge >= 0.3 is 5.69 Å². The molecule has 0 fully saturated rings. The second-order valence-electron chi connectivity index (χ2n) is 4.79. The van der Waals surface area contributed by atoms with Crippen LogP contribution in [0.15, 0.2) is 42.6 Å². The van der Waals surface area contributed by atoms with E-state index < -0.39 is 4.92 Å². The van der Waals surface area contributed by atoms with Crippen LogP contribution in [0.25, 0.3) is 10.9 Å². The maximum Gasteiger partial charge on any atom is 0.311 e. The Morgan fingerprint density at radius 1 is 1.32 bits per heavy atom. The molecule has 0 atom stereocenters. The fourth-order valence-electron chi connectivity index (χ4n) is 2.25. The molecule has 112 valence electrons. The van der Waals surface area contributed by atoms with Gasteiger partial charge in [0.15, 0.2) is 5.75 Å². The lowest BCUT2D eigenvalue weighted by molar-refractivity contribution is -0.385. The van der Waals surface area contributed by atoms with E-state index in [0.717, 1.165) is 22.2 Å². The van der Waals surface area contributed by atoms with Gasteiger partial charge in [-0.1, -0.05) is 6.07 Å². The number of fused-ring (bicyclic) bond motifs is 1. The van der Waals surface area contributed by atoms with E-state index in [-0.39, 0.29) is 11.4 Å². The van der Waals surface area contributed by atoms with Crippen molar-refractivity contribution >= 4 is 22.3 Å². The van der Waals surface area contributed by atoms with Crippen molar-refractivity contribution in [1.29, 1.82) is 0 Å². The predicted molar refractivity (Wildman–Crippen MR) is 83.1 cm³/mol. The second kappa shape index (κ2) is 5.72. The van der Waals surface area contributed by atoms with Crippen LogP contribution in [0.5, 0.6) is 5.75 Å². The molecule has 1 heterocycles. The quantitative estimate of drug-likeness (QED) is 0.557. The Bertz CT molecular complexity index is 829. The van der Waals surface area contributed by atoms with Crippen molar-refractivity contribution in [2.75, 3.05) is 12.4 Å². The number of hydrogen-bond acceptors (Lipinski definition) is 5. The highest BCUT2D eigenvalue weighted by molar-refractivity contribution is 5.81. The number of nitro groups is 1. The lowest BCUT2D eigenvalue weighted by atomic mass is 10.1. The van der Waals surface area contributed by atoms with Crippen molar-refractivity contribution in [2.24, 2.45) is 0 Å². The number of nitrogens with zero attached hydrogens (tertiary/aromatic N) is 2. The Balaban J connectivity index is 1.78. The summed E-state index contributed by atoms with van der Waals surface area (Å²) in [6, 6.07) is 10.8. The number of aromatic nitrogens is 2. The summed E-state index contributed by atoms with van der Waals surface area (Å²) >= 11 is 0. The highest BCUT2D eigenvalue weighted by Crippen LogP contribution is 2.28. The molecule has 2 aromatic carbocycles. The van der Waals surface area contributed by atoms with Crippen molar-refractivity contribution < 1.29 is 9.66 Å². The SMILES string of the molecule is COc1ccc(CNc2ccc3[nH]ncc3c2)cc1[N+](=O)[O-]. The van der Waals surface area contributed by atoms with Gasteiger partial charge in [0.2, 0.25) is 0 Å². The average molecular weight is 298 g/mol. The van der Waals surface area contributed by atoms with Gasteiger partial charge in [0.1, 0.15) is 0 Å². The lowest BCUT2D eigenvalue weighted by Crippen LogP contribution is -2.01. The van der Waals surface area contributed by atoms with Gasteiger partial charge in [-0.2, -0.15) is 5.10 Å². The van der Waals surface area contributed by atoms with Gasteiger partial charge in [-0.05, 0) is 29.8 Å². The van der Waals surface area contributed by atoms with Crippen LogP contribution in [0.2, 0.25) is 0 Å². The molecule has 0 radical (unpaired) electrons. The van der Waals surface area contributed by atoms with Crippen LogP contribution < -0.4 is 10.1 Å². The van der Waals surface area contributed by atoms with Gasteiger partial charge in [0.05, 0.1) is 23.7 Å². The van der Waals surface area contributed by atoms with E-state index in [2.05, 4.69) is 15.5 Å². The number of H-pyrrole nitrogens is 1. The molecule has 22 heavy (non-hydrogen) atoms. The lowest BCUT2D eigenvalue weighted by Gasteiger charge is -2.08. The maximum atomic E-state index is 11.0. The normalized spacial score (nSPS) is 10.6. The molecule has 7 heteroatoms. The summed E-state index contributed by atoms with van der Waals surface area (Å²) in [5.74, 6) is 0.258. The van der Waals surface area contributed by atoms with E-state index in [4.69, 9.17) is 4.74 Å². The molecule has 1 aromatic heterocycles. The highest BCUT2D eigenvalue weighted by Gasteiger charge is 2.14. The minimum atomic E-state index is -0.445. The topological polar surface area (TPSA) is 93.1 Å². The summed E-state index contributed by atoms with van der Waals surface area (Å²) < 4.78 is 4.99. The molecule has 2 N–H and O–H groups in total. The van der Waals surface area contributed by atoms with Gasteiger partial charge in [-0.15, -0.1) is 0 Å². The first-order chi connectivity index (χ1) is 10.7. The van der Waals surface area contributed by atoms with Crippen molar-refractivity contribution in [3.8, 4) is 5.75 Å². The Morgan fingerprint density at radius 2 is 2.18 bits per heavy atom. The summed E-state index contributed by atoms with van der Waals surface area (Å²) in [4.78, 5) is 10.6. The number of aromatic amines is 1. The molecule has 0 saturated heterocycles. The third kappa shape index (κ3) is 2.69. The Labute approximate surface area is 126 Å². The van der Waals surface area contributed by atoms with Gasteiger partial charge < -0.3 is 10.1 Å². The summed E-state index contributed by atoms with van der Waals surface area (Å²) in [5.41, 5.74) is 2.66. The highest BCUT2D eigenvalue weighted by atomic mass is 16.6. The first-order valence-corrected chi connectivity index (χ1v) is 6.65. The number of ether oxygens (including phenoxy) is 1. The average Bonchev–Trinajstić information content (AvgIpc) is 3.00. The van der Waals surface area contributed by atoms with E-state index in [9.17, 15) is 10.1 Å². The van der Waals surface area contributed by atoms with E-state index in [0.29, 0.717) is 6.54 Å². The zero-order chi connectivity index (χ0) is 15.5. The standard InChI is InChI=1S/C15H14N4O3/c1-22-15-5-2-10(6-14(15)19(20)21)8-16-12-3-4-13-11(7-12)9-17-18-13/h2-7,9,16H,8H2,1H3,(H,17,18). The zero-order valence-corrected chi connectivity index (χ0v) is 11.9. The molecule has 0 aliphatic carbocycles. The zero-order valence-electron chi connectivity index (χ0n) is 11.9. The fourth-order valence-corrected chi connectivity index (χ4v) is 2.25. The van der Waals surface area contributed by atoms with Crippen molar-refractivity contribution in [3.05, 3.63) is 58.3 Å². The second-order valence-corrected chi connectivity index (χ2v) is 4.79. The van der Waals surface area contributed by atoms with Crippen LogP contribution in [0.1, 0.15) is 5.56 Å². The van der Waals surface area contributed by atoms with Gasteiger partial charge in [0.25, 0.3) is 0 Å². The molecule has 0 saturated carbocycles. The summed E-state index contributed by atoms with van der Waals surface area (Å²) in [6.07, 6.45) is 1.75. The number of hydrogen-bond donors (Lipinski definition) is 2. The fraction of sp³-hybridized carbons (Fsp3) is 0.133. The molecule has 0 aliphatic rings. The molecule has 0 aliphatic heterocycles. The Kier molecular flexibility index (Phi) is 3.61. The summed E-state index contributed by atoms with van der Waals surface area (Å²) in [7, 11) is 1.42. The van der Waals surface area contributed by atoms with Gasteiger partial charge in [-0.25, -0.2) is 0 Å². The molecule has 0 spiro atoms. The van der Waals surface area contributed by atoms with Gasteiger partial charge in [0, 0.05) is 23.7 Å². The smallest absolute Gasteiger partial charge is 0.311 e. The van der Waals surface area contributed by atoms with Crippen LogP contribution in [-0.2, 0) is 6.54 Å². The third-order valence-corrected chi connectivity index (χ3v) is 3.38. The van der Waals surface area contributed by atoms with E-state index >= 15 is 0 Å². The molecule has 3 aromatic rings. The van der Waals surface area contributed by atoms with Crippen molar-refractivity contribution in [2.45, 2.75) is 6.54 Å². The van der Waals surface area contributed by atoms with Gasteiger partial charge in [-0.3, -0.25) is 15.2 Å². The third-order valence-electron chi connectivity index (χ3n) is 3.38. The first-order valence-electron chi connectivity index (χ1n) is 6.65. The van der Waals surface area contributed by atoms with Crippen LogP contribution >= 0.6 is 0 Å². The molecule has 7 nitrogen and oxygen atoms in total. The minimum Gasteiger partial charge on any atom is -0.490 e. The minimum absolute atomic E-state index is 0.0351. The van der Waals surface area contributed by atoms with Crippen LogP contribution in [0.3, 0.4) is 0 Å². The maximum absolute atomic E-state index is 11.0. The monoisotopic (exact) mass is 298 g/mol. The molecular formula is C15H14N4O3. The summed E-state index contributed by atoms with van der Waals surface area (Å²) in [6.45, 7) is 0.480. The van der Waals surface area contributed by atoms with E-state index in [1.54, 1.807) is 18.3 Å². The first kappa shape index (κ1) is 13.9. The number of benzene rings is 2. The molecule has 0 bridgehead atoms. The number of nitrogens with one attached hydrogen (secondary N) is 2. The molecule has 0 unspecified atom stereocenters.